The van der Waals surface area contributed by atoms with Crippen molar-refractivity contribution in [1.82, 2.24) is 19.5 Å². The van der Waals surface area contributed by atoms with Crippen LogP contribution in [0.1, 0.15) is 0 Å². The molecule has 0 atom stereocenters. The predicted octanol–water partition coefficient (Wildman–Crippen LogP) is 14.3. The second-order valence-corrected chi connectivity index (χ2v) is 15.5. The molecule has 0 amide bonds. The van der Waals surface area contributed by atoms with Gasteiger partial charge in [0.25, 0.3) is 0 Å². The number of rotatable bonds is 8. The maximum absolute atomic E-state index is 5.33. The lowest BCUT2D eigenvalue weighted by molar-refractivity contribution is 0.998. The highest BCUT2D eigenvalue weighted by atomic mass is 32.1. The molecule has 0 spiro atoms. The van der Waals surface area contributed by atoms with Gasteiger partial charge in [-0.3, -0.25) is 4.57 Å². The fraction of sp³-hybridized carbons (Fsp3) is 0. The maximum Gasteiger partial charge on any atom is 0.235 e. The van der Waals surface area contributed by atoms with Gasteiger partial charge in [0.15, 0.2) is 0 Å². The van der Waals surface area contributed by atoms with Gasteiger partial charge in [-0.1, -0.05) is 146 Å². The van der Waals surface area contributed by atoms with Crippen LogP contribution in [0.2, 0.25) is 0 Å². The fourth-order valence-corrected chi connectivity index (χ4v) is 9.14. The summed E-state index contributed by atoms with van der Waals surface area (Å²) in [6, 6.07) is 74.3. The lowest BCUT2D eigenvalue weighted by Crippen LogP contribution is -2.09. The van der Waals surface area contributed by atoms with Gasteiger partial charge >= 0.3 is 0 Å². The highest BCUT2D eigenvalue weighted by Gasteiger charge is 2.22. The Morgan fingerprint density at radius 1 is 0.390 bits per heavy atom. The number of hydrogen-bond donors (Lipinski definition) is 0. The number of nitrogens with zero attached hydrogens (tertiary/aromatic N) is 5. The van der Waals surface area contributed by atoms with Gasteiger partial charge in [0.2, 0.25) is 5.95 Å². The first-order valence-electron chi connectivity index (χ1n) is 19.7. The summed E-state index contributed by atoms with van der Waals surface area (Å²) in [5, 5.41) is 3.24. The second kappa shape index (κ2) is 14.7. The average Bonchev–Trinajstić information content (AvgIpc) is 3.90. The first kappa shape index (κ1) is 34.6. The molecule has 0 fully saturated rings. The number of aromatic nitrogens is 4. The zero-order valence-corrected chi connectivity index (χ0v) is 32.7. The van der Waals surface area contributed by atoms with Crippen molar-refractivity contribution in [3.63, 3.8) is 0 Å². The van der Waals surface area contributed by atoms with Crippen LogP contribution in [-0.2, 0) is 0 Å². The Bertz CT molecular complexity index is 3140. The summed E-state index contributed by atoms with van der Waals surface area (Å²) in [5.41, 5.74) is 13.5. The van der Waals surface area contributed by atoms with Crippen molar-refractivity contribution < 1.29 is 0 Å². The Morgan fingerprint density at radius 2 is 0.898 bits per heavy atom. The van der Waals surface area contributed by atoms with Crippen molar-refractivity contribution in [2.24, 2.45) is 0 Å². The minimum atomic E-state index is 0.617. The van der Waals surface area contributed by atoms with Crippen LogP contribution in [-0.4, -0.2) is 19.5 Å². The molecule has 0 aliphatic heterocycles. The second-order valence-electron chi connectivity index (χ2n) is 14.5. The van der Waals surface area contributed by atoms with Crippen LogP contribution in [0.25, 0.3) is 82.2 Å². The van der Waals surface area contributed by atoms with Gasteiger partial charge in [0.05, 0.1) is 32.6 Å². The third-order valence-electron chi connectivity index (χ3n) is 10.8. The molecule has 3 heterocycles. The Hall–Kier alpha value is -7.67. The topological polar surface area (TPSA) is 46.8 Å². The largest absolute Gasteiger partial charge is 0.311 e. The van der Waals surface area contributed by atoms with Gasteiger partial charge in [-0.05, 0) is 77.9 Å². The molecular weight excluding hydrogens is 739 g/mol. The van der Waals surface area contributed by atoms with Gasteiger partial charge in [0, 0.05) is 44.5 Å². The van der Waals surface area contributed by atoms with E-state index in [4.69, 9.17) is 15.0 Å². The van der Waals surface area contributed by atoms with Crippen molar-refractivity contribution in [3.8, 4) is 50.2 Å². The van der Waals surface area contributed by atoms with Crippen LogP contribution in [0.15, 0.2) is 212 Å². The average molecular weight is 774 g/mol. The zero-order valence-electron chi connectivity index (χ0n) is 31.9. The van der Waals surface area contributed by atoms with E-state index in [0.29, 0.717) is 5.95 Å². The van der Waals surface area contributed by atoms with Crippen molar-refractivity contribution >= 4 is 60.4 Å². The summed E-state index contributed by atoms with van der Waals surface area (Å²) in [6.07, 6.45) is 0. The van der Waals surface area contributed by atoms with Crippen LogP contribution in [0.3, 0.4) is 0 Å². The van der Waals surface area contributed by atoms with E-state index in [1.165, 1.54) is 0 Å². The van der Waals surface area contributed by atoms with E-state index in [9.17, 15) is 0 Å². The molecule has 0 saturated carbocycles. The number of benzene rings is 8. The third-order valence-corrected chi connectivity index (χ3v) is 12.0. The van der Waals surface area contributed by atoms with E-state index in [1.807, 2.05) is 18.2 Å². The van der Waals surface area contributed by atoms with Crippen LogP contribution in [0, 0.1) is 0 Å². The standard InChI is InChI=1S/C53H35N5S/c1-6-16-37(17-7-1)47-35-48(38-18-8-2-9-19-38)56-53(55-47)58-49-33-28-40(34-45(49)44-31-32-46-51(50(44)58)59-52(54-46)39-20-10-3-11-21-39)36-26-29-43(30-27-36)57(41-22-12-4-13-23-41)42-24-14-5-15-25-42/h1-35H. The lowest BCUT2D eigenvalue weighted by Gasteiger charge is -2.25. The summed E-state index contributed by atoms with van der Waals surface area (Å²) < 4.78 is 3.35. The summed E-state index contributed by atoms with van der Waals surface area (Å²) in [6.45, 7) is 0. The van der Waals surface area contributed by atoms with Crippen LogP contribution in [0.4, 0.5) is 17.1 Å². The summed E-state index contributed by atoms with van der Waals surface area (Å²) in [4.78, 5) is 18.1. The molecule has 0 unspecified atom stereocenters. The molecule has 0 N–H and O–H groups in total. The zero-order chi connectivity index (χ0) is 39.1. The first-order chi connectivity index (χ1) is 29.2. The van der Waals surface area contributed by atoms with E-state index in [0.717, 1.165) is 93.3 Å². The molecule has 59 heavy (non-hydrogen) atoms. The van der Waals surface area contributed by atoms with E-state index in [1.54, 1.807) is 11.3 Å². The normalized spacial score (nSPS) is 11.4. The van der Waals surface area contributed by atoms with Gasteiger partial charge in [-0.25, -0.2) is 15.0 Å². The molecule has 3 aromatic heterocycles. The van der Waals surface area contributed by atoms with Crippen molar-refractivity contribution in [3.05, 3.63) is 212 Å². The highest BCUT2D eigenvalue weighted by Crippen LogP contribution is 2.43. The molecule has 0 aliphatic rings. The van der Waals surface area contributed by atoms with Crippen LogP contribution >= 0.6 is 11.3 Å². The van der Waals surface area contributed by atoms with Crippen LogP contribution < -0.4 is 4.90 Å². The molecule has 0 bridgehead atoms. The SMILES string of the molecule is c1ccc(-c2cc(-c3ccccc3)nc(-n3c4ccc(-c5ccc(N(c6ccccc6)c6ccccc6)cc5)cc4c4ccc5nc(-c6ccccc6)sc5c43)n2)cc1. The molecule has 0 radical (unpaired) electrons. The molecule has 11 aromatic rings. The van der Waals surface area contributed by atoms with Crippen molar-refractivity contribution in [2.75, 3.05) is 4.90 Å². The number of hydrogen-bond acceptors (Lipinski definition) is 5. The smallest absolute Gasteiger partial charge is 0.235 e. The Labute approximate surface area is 345 Å². The lowest BCUT2D eigenvalue weighted by atomic mass is 10.0. The molecule has 0 saturated heterocycles. The van der Waals surface area contributed by atoms with Gasteiger partial charge in [0.1, 0.15) is 5.01 Å². The van der Waals surface area contributed by atoms with E-state index < -0.39 is 0 Å². The Balaban J connectivity index is 1.11. The summed E-state index contributed by atoms with van der Waals surface area (Å²) >= 11 is 1.71. The molecular formula is C53H35N5S. The molecule has 278 valence electrons. The molecule has 5 nitrogen and oxygen atoms in total. The van der Waals surface area contributed by atoms with Gasteiger partial charge in [-0.2, -0.15) is 0 Å². The molecule has 8 aromatic carbocycles. The van der Waals surface area contributed by atoms with E-state index in [2.05, 4.69) is 204 Å². The number of fused-ring (bicyclic) bond motifs is 5. The predicted molar refractivity (Wildman–Crippen MR) is 246 cm³/mol. The molecule has 6 heteroatoms. The van der Waals surface area contributed by atoms with E-state index >= 15 is 0 Å². The minimum Gasteiger partial charge on any atom is -0.311 e. The fourth-order valence-electron chi connectivity index (χ4n) is 8.03. The summed E-state index contributed by atoms with van der Waals surface area (Å²) in [5.74, 6) is 0.617. The van der Waals surface area contributed by atoms with E-state index in [-0.39, 0.29) is 0 Å². The monoisotopic (exact) mass is 773 g/mol. The van der Waals surface area contributed by atoms with Gasteiger partial charge < -0.3 is 4.90 Å². The Morgan fingerprint density at radius 3 is 1.47 bits per heavy atom. The first-order valence-corrected chi connectivity index (χ1v) is 20.5. The third kappa shape index (κ3) is 6.33. The summed E-state index contributed by atoms with van der Waals surface area (Å²) in [7, 11) is 0. The highest BCUT2D eigenvalue weighted by molar-refractivity contribution is 7.22. The number of thiazole rings is 1. The quantitative estimate of drug-likeness (QED) is 0.154. The molecule has 0 aliphatic carbocycles. The molecule has 11 rings (SSSR count). The Kier molecular flexibility index (Phi) is 8.60. The van der Waals surface area contributed by atoms with Crippen molar-refractivity contribution in [1.29, 1.82) is 0 Å². The number of anilines is 3. The minimum absolute atomic E-state index is 0.617. The maximum atomic E-state index is 5.33. The number of para-hydroxylation sites is 2. The van der Waals surface area contributed by atoms with Crippen LogP contribution in [0.5, 0.6) is 0 Å². The van der Waals surface area contributed by atoms with Crippen molar-refractivity contribution in [2.45, 2.75) is 0 Å². The van der Waals surface area contributed by atoms with Gasteiger partial charge in [-0.15, -0.1) is 11.3 Å².